The number of nitrogens with zero attached hydrogens (tertiary/aromatic N) is 2. The Morgan fingerprint density at radius 2 is 2.15 bits per heavy atom. The molecule has 112 valence electrons. The first-order chi connectivity index (χ1) is 9.31. The highest BCUT2D eigenvalue weighted by atomic mass is 32.1. The minimum Gasteiger partial charge on any atom is -0.388 e. The zero-order valence-corrected chi connectivity index (χ0v) is 13.2. The lowest BCUT2D eigenvalue weighted by molar-refractivity contribution is -0.383. The number of aliphatic hydroxyl groups excluding tert-OH is 1. The largest absolute Gasteiger partial charge is 0.388 e. The highest BCUT2D eigenvalue weighted by molar-refractivity contribution is 7.16. The van der Waals surface area contributed by atoms with E-state index in [0.29, 0.717) is 21.7 Å². The highest BCUT2D eigenvalue weighted by Gasteiger charge is 2.34. The summed E-state index contributed by atoms with van der Waals surface area (Å²) in [5.41, 5.74) is 0.124. The lowest BCUT2D eigenvalue weighted by Gasteiger charge is -2.41. The third-order valence-corrected chi connectivity index (χ3v) is 5.51. The molecule has 1 aliphatic heterocycles. The lowest BCUT2D eigenvalue weighted by Crippen LogP contribution is -2.45. The van der Waals surface area contributed by atoms with E-state index < -0.39 is 6.10 Å². The first kappa shape index (κ1) is 15.3. The van der Waals surface area contributed by atoms with Crippen molar-refractivity contribution in [2.75, 3.05) is 11.4 Å². The molecule has 0 radical (unpaired) electrons. The summed E-state index contributed by atoms with van der Waals surface area (Å²) in [4.78, 5) is 13.7. The molecule has 2 heterocycles. The molecular weight excluding hydrogens is 276 g/mol. The van der Waals surface area contributed by atoms with E-state index in [4.69, 9.17) is 0 Å². The van der Waals surface area contributed by atoms with Gasteiger partial charge in [0, 0.05) is 23.5 Å². The summed E-state index contributed by atoms with van der Waals surface area (Å²) >= 11 is 1.34. The van der Waals surface area contributed by atoms with E-state index in [1.807, 2.05) is 0 Å². The number of hydrogen-bond acceptors (Lipinski definition) is 5. The van der Waals surface area contributed by atoms with E-state index in [1.54, 1.807) is 6.92 Å². The summed E-state index contributed by atoms with van der Waals surface area (Å²) in [5.74, 6) is 1.04. The molecule has 0 amide bonds. The van der Waals surface area contributed by atoms with Crippen LogP contribution in [0.15, 0.2) is 6.07 Å². The van der Waals surface area contributed by atoms with Gasteiger partial charge in [0.1, 0.15) is 0 Å². The second-order valence-corrected chi connectivity index (χ2v) is 7.05. The second-order valence-electron chi connectivity index (χ2n) is 5.98. The van der Waals surface area contributed by atoms with Crippen molar-refractivity contribution in [1.82, 2.24) is 0 Å². The van der Waals surface area contributed by atoms with Gasteiger partial charge in [0.2, 0.25) is 0 Å². The molecule has 1 aromatic rings. The van der Waals surface area contributed by atoms with Gasteiger partial charge in [-0.1, -0.05) is 13.8 Å². The van der Waals surface area contributed by atoms with Crippen molar-refractivity contribution in [2.45, 2.75) is 46.3 Å². The fourth-order valence-corrected chi connectivity index (χ4v) is 4.08. The fraction of sp³-hybridized carbons (Fsp3) is 0.714. The SMILES string of the molecule is CC1CC(C)C(C)N(c2sc(C(C)O)cc2[N+](=O)[O-])C1. The van der Waals surface area contributed by atoms with Crippen LogP contribution >= 0.6 is 11.3 Å². The Bertz CT molecular complexity index is 501. The fourth-order valence-electron chi connectivity index (χ4n) is 2.92. The van der Waals surface area contributed by atoms with Gasteiger partial charge < -0.3 is 10.0 Å². The number of anilines is 1. The molecule has 1 aromatic heterocycles. The van der Waals surface area contributed by atoms with Crippen molar-refractivity contribution in [1.29, 1.82) is 0 Å². The zero-order chi connectivity index (χ0) is 15.0. The van der Waals surface area contributed by atoms with Crippen molar-refractivity contribution in [2.24, 2.45) is 11.8 Å². The summed E-state index contributed by atoms with van der Waals surface area (Å²) < 4.78 is 0. The maximum atomic E-state index is 11.3. The molecule has 0 saturated carbocycles. The molecule has 5 nitrogen and oxygen atoms in total. The zero-order valence-electron chi connectivity index (χ0n) is 12.4. The first-order valence-electron chi connectivity index (χ1n) is 7.04. The summed E-state index contributed by atoms with van der Waals surface area (Å²) in [6, 6.07) is 1.80. The topological polar surface area (TPSA) is 66.6 Å². The monoisotopic (exact) mass is 298 g/mol. The Morgan fingerprint density at radius 1 is 1.50 bits per heavy atom. The average molecular weight is 298 g/mol. The predicted octanol–water partition coefficient (Wildman–Crippen LogP) is 3.58. The van der Waals surface area contributed by atoms with Crippen LogP contribution in [0, 0.1) is 22.0 Å². The van der Waals surface area contributed by atoms with Crippen molar-refractivity contribution >= 4 is 22.0 Å². The summed E-state index contributed by atoms with van der Waals surface area (Å²) in [5, 5.41) is 21.6. The molecule has 20 heavy (non-hydrogen) atoms. The number of aliphatic hydroxyl groups is 1. The van der Waals surface area contributed by atoms with Crippen molar-refractivity contribution in [3.8, 4) is 0 Å². The number of hydrogen-bond donors (Lipinski definition) is 1. The van der Waals surface area contributed by atoms with E-state index >= 15 is 0 Å². The van der Waals surface area contributed by atoms with Crippen molar-refractivity contribution in [3.05, 3.63) is 21.1 Å². The Hall–Kier alpha value is -1.14. The average Bonchev–Trinajstić information content (AvgIpc) is 2.78. The third kappa shape index (κ3) is 2.81. The smallest absolute Gasteiger partial charge is 0.304 e. The van der Waals surface area contributed by atoms with E-state index in [1.165, 1.54) is 17.4 Å². The molecule has 1 N–H and O–H groups in total. The molecule has 2 rings (SSSR count). The van der Waals surface area contributed by atoms with Gasteiger partial charge >= 0.3 is 5.69 Å². The molecule has 4 atom stereocenters. The first-order valence-corrected chi connectivity index (χ1v) is 7.85. The van der Waals surface area contributed by atoms with Gasteiger partial charge in [-0.3, -0.25) is 10.1 Å². The van der Waals surface area contributed by atoms with Crippen LogP contribution in [0.25, 0.3) is 0 Å². The molecule has 1 aliphatic rings. The van der Waals surface area contributed by atoms with E-state index in [-0.39, 0.29) is 16.7 Å². The Kier molecular flexibility index (Phi) is 4.34. The number of piperidine rings is 1. The molecular formula is C14H22N2O3S. The van der Waals surface area contributed by atoms with Crippen LogP contribution in [0.1, 0.15) is 45.1 Å². The Balaban J connectivity index is 2.42. The number of thiophene rings is 1. The molecule has 0 aliphatic carbocycles. The Morgan fingerprint density at radius 3 is 2.70 bits per heavy atom. The number of rotatable bonds is 3. The molecule has 0 spiro atoms. The van der Waals surface area contributed by atoms with Gasteiger partial charge in [-0.05, 0) is 32.1 Å². The lowest BCUT2D eigenvalue weighted by atomic mass is 9.86. The molecule has 0 aromatic carbocycles. The maximum Gasteiger partial charge on any atom is 0.304 e. The minimum atomic E-state index is -0.664. The van der Waals surface area contributed by atoms with E-state index in [2.05, 4.69) is 25.7 Å². The normalized spacial score (nSPS) is 28.4. The third-order valence-electron chi connectivity index (χ3n) is 4.18. The van der Waals surface area contributed by atoms with Crippen LogP contribution in [-0.2, 0) is 0 Å². The van der Waals surface area contributed by atoms with Crippen LogP contribution in [0.5, 0.6) is 0 Å². The van der Waals surface area contributed by atoms with E-state index in [0.717, 1.165) is 13.0 Å². The second kappa shape index (κ2) is 5.69. The maximum absolute atomic E-state index is 11.3. The number of nitro groups is 1. The summed E-state index contributed by atoms with van der Waals surface area (Å²) in [7, 11) is 0. The van der Waals surface area contributed by atoms with Crippen LogP contribution in [-0.4, -0.2) is 22.6 Å². The van der Waals surface area contributed by atoms with Crippen LogP contribution in [0.2, 0.25) is 0 Å². The van der Waals surface area contributed by atoms with Gasteiger partial charge in [-0.2, -0.15) is 0 Å². The van der Waals surface area contributed by atoms with E-state index in [9.17, 15) is 15.2 Å². The van der Waals surface area contributed by atoms with Gasteiger partial charge in [0.25, 0.3) is 0 Å². The molecule has 1 saturated heterocycles. The van der Waals surface area contributed by atoms with Crippen LogP contribution in [0.4, 0.5) is 10.7 Å². The Labute approximate surface area is 123 Å². The minimum absolute atomic E-state index is 0.124. The molecule has 6 heteroatoms. The molecule has 1 fully saturated rings. The summed E-state index contributed by atoms with van der Waals surface area (Å²) in [6.07, 6.45) is 0.488. The van der Waals surface area contributed by atoms with Gasteiger partial charge in [-0.25, -0.2) is 0 Å². The van der Waals surface area contributed by atoms with Crippen LogP contribution in [0.3, 0.4) is 0 Å². The standard InChI is InChI=1S/C14H22N2O3S/c1-8-5-9(2)10(3)15(7-8)14-12(16(18)19)6-13(20-14)11(4)17/h6,8-11,17H,5,7H2,1-4H3. The summed E-state index contributed by atoms with van der Waals surface area (Å²) in [6.45, 7) is 8.99. The van der Waals surface area contributed by atoms with Gasteiger partial charge in [0.15, 0.2) is 5.00 Å². The molecule has 4 unspecified atom stereocenters. The predicted molar refractivity (Wildman–Crippen MR) is 81.4 cm³/mol. The van der Waals surface area contributed by atoms with Crippen molar-refractivity contribution < 1.29 is 10.0 Å². The van der Waals surface area contributed by atoms with Crippen molar-refractivity contribution in [3.63, 3.8) is 0 Å². The quantitative estimate of drug-likeness (QED) is 0.684. The highest BCUT2D eigenvalue weighted by Crippen LogP contribution is 2.43. The van der Waals surface area contributed by atoms with Crippen LogP contribution < -0.4 is 4.90 Å². The molecule has 0 bridgehead atoms. The van der Waals surface area contributed by atoms with Gasteiger partial charge in [0.05, 0.1) is 11.0 Å². The van der Waals surface area contributed by atoms with Gasteiger partial charge in [-0.15, -0.1) is 11.3 Å².